The molecular weight excluding hydrogens is 418 g/mol. The Morgan fingerprint density at radius 1 is 1.15 bits per heavy atom. The van der Waals surface area contributed by atoms with E-state index in [9.17, 15) is 4.79 Å². The molecule has 1 N–H and O–H groups in total. The first-order valence-electron chi connectivity index (χ1n) is 11.2. The van der Waals surface area contributed by atoms with E-state index in [-0.39, 0.29) is 11.9 Å². The van der Waals surface area contributed by atoms with E-state index in [1.165, 1.54) is 0 Å². The number of hydrogen-bond donors (Lipinski definition) is 1. The standard InChI is InChI=1S/C26H27N3O4/c1-31-19-10-11-21-18(14-19)15-22(28-21)26(30)29-12-6-5-8-23(29)25-27-16-20(33-25)13-17-7-3-4-9-24(17)32-2/h3-4,7,9-11,14-16,23,28H,5-6,8,12-13H2,1-2H3/t23-/m1/s1. The zero-order valence-electron chi connectivity index (χ0n) is 18.8. The average molecular weight is 446 g/mol. The van der Waals surface area contributed by atoms with Gasteiger partial charge in [-0.25, -0.2) is 4.98 Å². The number of likely N-dealkylation sites (tertiary alicyclic amines) is 1. The van der Waals surface area contributed by atoms with Crippen LogP contribution in [0, 0.1) is 0 Å². The molecule has 0 saturated carbocycles. The number of H-pyrrole nitrogens is 1. The van der Waals surface area contributed by atoms with Crippen LogP contribution in [-0.4, -0.2) is 41.5 Å². The van der Waals surface area contributed by atoms with Crippen LogP contribution in [0.15, 0.2) is 59.1 Å². The number of methoxy groups -OCH3 is 2. The van der Waals surface area contributed by atoms with E-state index in [4.69, 9.17) is 13.9 Å². The van der Waals surface area contributed by atoms with Crippen LogP contribution in [0.1, 0.15) is 53.0 Å². The van der Waals surface area contributed by atoms with E-state index in [0.29, 0.717) is 24.6 Å². The maximum atomic E-state index is 13.5. The summed E-state index contributed by atoms with van der Waals surface area (Å²) >= 11 is 0. The molecule has 1 saturated heterocycles. The topological polar surface area (TPSA) is 80.6 Å². The number of ether oxygens (including phenoxy) is 2. The SMILES string of the molecule is COc1ccc2[nH]c(C(=O)N3CCCC[C@@H]3c3ncc(Cc4ccccc4OC)o3)cc2c1. The Kier molecular flexibility index (Phi) is 5.77. The van der Waals surface area contributed by atoms with Gasteiger partial charge in [-0.2, -0.15) is 0 Å². The zero-order valence-corrected chi connectivity index (χ0v) is 18.8. The van der Waals surface area contributed by atoms with Crippen LogP contribution >= 0.6 is 0 Å². The number of oxazole rings is 1. The molecule has 3 heterocycles. The maximum absolute atomic E-state index is 13.5. The lowest BCUT2D eigenvalue weighted by Gasteiger charge is -2.33. The van der Waals surface area contributed by atoms with Gasteiger partial charge in [-0.15, -0.1) is 0 Å². The lowest BCUT2D eigenvalue weighted by molar-refractivity contribution is 0.0565. The molecule has 2 aromatic carbocycles. The van der Waals surface area contributed by atoms with Crippen molar-refractivity contribution in [3.8, 4) is 11.5 Å². The van der Waals surface area contributed by atoms with Crippen molar-refractivity contribution in [1.29, 1.82) is 0 Å². The second-order valence-corrected chi connectivity index (χ2v) is 8.30. The fourth-order valence-corrected chi connectivity index (χ4v) is 4.53. The Bertz CT molecular complexity index is 1280. The molecule has 0 aliphatic carbocycles. The second-order valence-electron chi connectivity index (χ2n) is 8.30. The van der Waals surface area contributed by atoms with Crippen molar-refractivity contribution in [3.63, 3.8) is 0 Å². The number of carbonyl (C=O) groups excluding carboxylic acids is 1. The third kappa shape index (κ3) is 4.18. The van der Waals surface area contributed by atoms with E-state index < -0.39 is 0 Å². The number of fused-ring (bicyclic) bond motifs is 1. The number of aromatic amines is 1. The molecule has 33 heavy (non-hydrogen) atoms. The van der Waals surface area contributed by atoms with Crippen molar-refractivity contribution >= 4 is 16.8 Å². The number of rotatable bonds is 6. The summed E-state index contributed by atoms with van der Waals surface area (Å²) in [6.45, 7) is 0.673. The molecule has 1 fully saturated rings. The highest BCUT2D eigenvalue weighted by Gasteiger charge is 2.32. The number of piperidine rings is 1. The molecule has 0 bridgehead atoms. The summed E-state index contributed by atoms with van der Waals surface area (Å²) in [6.07, 6.45) is 5.16. The summed E-state index contributed by atoms with van der Waals surface area (Å²) in [4.78, 5) is 23.2. The minimum Gasteiger partial charge on any atom is -0.497 e. The van der Waals surface area contributed by atoms with Crippen molar-refractivity contribution in [2.45, 2.75) is 31.7 Å². The van der Waals surface area contributed by atoms with Crippen LogP contribution in [0.5, 0.6) is 11.5 Å². The molecule has 0 spiro atoms. The summed E-state index contributed by atoms with van der Waals surface area (Å²) in [5.41, 5.74) is 2.50. The van der Waals surface area contributed by atoms with Crippen molar-refractivity contribution in [3.05, 3.63) is 77.6 Å². The molecule has 1 atom stereocenters. The lowest BCUT2D eigenvalue weighted by atomic mass is 10.0. The molecule has 1 aliphatic heterocycles. The second kappa shape index (κ2) is 9.02. The van der Waals surface area contributed by atoms with Crippen molar-refractivity contribution in [2.75, 3.05) is 20.8 Å². The smallest absolute Gasteiger partial charge is 0.270 e. The molecule has 7 nitrogen and oxygen atoms in total. The zero-order chi connectivity index (χ0) is 22.8. The van der Waals surface area contributed by atoms with Gasteiger partial charge >= 0.3 is 0 Å². The summed E-state index contributed by atoms with van der Waals surface area (Å²) < 4.78 is 16.9. The van der Waals surface area contributed by atoms with Crippen LogP contribution in [0.4, 0.5) is 0 Å². The monoisotopic (exact) mass is 445 g/mol. The van der Waals surface area contributed by atoms with Crippen LogP contribution < -0.4 is 9.47 Å². The number of carbonyl (C=O) groups is 1. The highest BCUT2D eigenvalue weighted by atomic mass is 16.5. The fourth-order valence-electron chi connectivity index (χ4n) is 4.53. The van der Waals surface area contributed by atoms with Gasteiger partial charge in [0, 0.05) is 29.4 Å². The molecule has 1 aliphatic rings. The van der Waals surface area contributed by atoms with E-state index in [1.807, 2.05) is 53.4 Å². The maximum Gasteiger partial charge on any atom is 0.270 e. The fraction of sp³-hybridized carbons (Fsp3) is 0.308. The van der Waals surface area contributed by atoms with Crippen LogP contribution in [-0.2, 0) is 6.42 Å². The molecule has 2 aromatic heterocycles. The Balaban J connectivity index is 1.38. The molecule has 0 unspecified atom stereocenters. The lowest BCUT2D eigenvalue weighted by Crippen LogP contribution is -2.38. The number of aromatic nitrogens is 2. The first kappa shape index (κ1) is 21.1. The van der Waals surface area contributed by atoms with Crippen LogP contribution in [0.2, 0.25) is 0 Å². The third-order valence-electron chi connectivity index (χ3n) is 6.24. The predicted molar refractivity (Wildman–Crippen MR) is 125 cm³/mol. The minimum atomic E-state index is -0.182. The van der Waals surface area contributed by atoms with E-state index in [1.54, 1.807) is 20.4 Å². The van der Waals surface area contributed by atoms with Crippen molar-refractivity contribution in [1.82, 2.24) is 14.9 Å². The van der Waals surface area contributed by atoms with Gasteiger partial charge in [-0.05, 0) is 49.6 Å². The largest absolute Gasteiger partial charge is 0.497 e. The summed E-state index contributed by atoms with van der Waals surface area (Å²) in [5.74, 6) is 2.88. The van der Waals surface area contributed by atoms with Gasteiger partial charge < -0.3 is 23.8 Å². The van der Waals surface area contributed by atoms with Crippen molar-refractivity contribution in [2.24, 2.45) is 0 Å². The number of hydrogen-bond acceptors (Lipinski definition) is 5. The van der Waals surface area contributed by atoms with Crippen LogP contribution in [0.25, 0.3) is 10.9 Å². The Labute approximate surface area is 192 Å². The number of amides is 1. The molecule has 170 valence electrons. The quantitative estimate of drug-likeness (QED) is 0.445. The summed E-state index contributed by atoms with van der Waals surface area (Å²) in [7, 11) is 3.30. The first-order valence-corrected chi connectivity index (χ1v) is 11.2. The minimum absolute atomic E-state index is 0.0423. The summed E-state index contributed by atoms with van der Waals surface area (Å²) in [6, 6.07) is 15.3. The van der Waals surface area contributed by atoms with Gasteiger partial charge in [0.1, 0.15) is 29.0 Å². The molecule has 5 rings (SSSR count). The Morgan fingerprint density at radius 3 is 2.88 bits per heavy atom. The van der Waals surface area contributed by atoms with Gasteiger partial charge in [0.2, 0.25) is 5.89 Å². The van der Waals surface area contributed by atoms with E-state index in [2.05, 4.69) is 9.97 Å². The third-order valence-corrected chi connectivity index (χ3v) is 6.24. The van der Waals surface area contributed by atoms with Gasteiger partial charge in [0.15, 0.2) is 0 Å². The average Bonchev–Trinajstić information content (AvgIpc) is 3.50. The van der Waals surface area contributed by atoms with Crippen LogP contribution in [0.3, 0.4) is 0 Å². The number of nitrogens with one attached hydrogen (secondary N) is 1. The number of nitrogens with zero attached hydrogens (tertiary/aromatic N) is 2. The molecular formula is C26H27N3O4. The molecule has 4 aromatic rings. The molecule has 1 amide bonds. The normalized spacial score (nSPS) is 16.2. The summed E-state index contributed by atoms with van der Waals surface area (Å²) in [5, 5.41) is 0.946. The van der Waals surface area contributed by atoms with Gasteiger partial charge in [-0.1, -0.05) is 18.2 Å². The van der Waals surface area contributed by atoms with Gasteiger partial charge in [-0.3, -0.25) is 4.79 Å². The molecule has 7 heteroatoms. The van der Waals surface area contributed by atoms with E-state index >= 15 is 0 Å². The highest BCUT2D eigenvalue weighted by molar-refractivity contribution is 5.98. The highest BCUT2D eigenvalue weighted by Crippen LogP contribution is 2.33. The van der Waals surface area contributed by atoms with E-state index in [0.717, 1.165) is 53.0 Å². The Hall–Kier alpha value is -3.74. The predicted octanol–water partition coefficient (Wildman–Crippen LogP) is 5.13. The molecule has 0 radical (unpaired) electrons. The Morgan fingerprint density at radius 2 is 2.03 bits per heavy atom. The van der Waals surface area contributed by atoms with Gasteiger partial charge in [0.25, 0.3) is 5.91 Å². The number of para-hydroxylation sites is 1. The number of benzene rings is 2. The first-order chi connectivity index (χ1) is 16.2. The van der Waals surface area contributed by atoms with Crippen molar-refractivity contribution < 1.29 is 18.7 Å². The van der Waals surface area contributed by atoms with Gasteiger partial charge in [0.05, 0.1) is 20.4 Å².